The SMILES string of the molecule is COc1ccc(NC(=O)N2CC(Oc3ccccc3OC)C2)c(C)c1. The van der Waals surface area contributed by atoms with E-state index < -0.39 is 0 Å². The second-order valence-electron chi connectivity index (χ2n) is 5.91. The highest BCUT2D eigenvalue weighted by Gasteiger charge is 2.33. The number of para-hydroxylation sites is 2. The quantitative estimate of drug-likeness (QED) is 0.906. The van der Waals surface area contributed by atoms with E-state index in [0.29, 0.717) is 24.6 Å². The molecule has 0 aromatic heterocycles. The molecule has 6 heteroatoms. The zero-order valence-corrected chi connectivity index (χ0v) is 14.6. The molecule has 6 nitrogen and oxygen atoms in total. The number of benzene rings is 2. The number of likely N-dealkylation sites (tertiary alicyclic amines) is 1. The van der Waals surface area contributed by atoms with Gasteiger partial charge in [0.15, 0.2) is 11.5 Å². The Morgan fingerprint density at radius 1 is 1.08 bits per heavy atom. The summed E-state index contributed by atoms with van der Waals surface area (Å²) in [6.07, 6.45) is -0.0287. The van der Waals surface area contributed by atoms with E-state index in [1.54, 1.807) is 19.1 Å². The Kier molecular flexibility index (Phi) is 4.97. The summed E-state index contributed by atoms with van der Waals surface area (Å²) < 4.78 is 16.3. The number of hydrogen-bond acceptors (Lipinski definition) is 4. The number of amides is 2. The smallest absolute Gasteiger partial charge is 0.322 e. The number of methoxy groups -OCH3 is 2. The van der Waals surface area contributed by atoms with Crippen molar-refractivity contribution in [3.05, 3.63) is 48.0 Å². The summed E-state index contributed by atoms with van der Waals surface area (Å²) in [5.74, 6) is 2.16. The summed E-state index contributed by atoms with van der Waals surface area (Å²) in [7, 11) is 3.23. The molecule has 1 heterocycles. The molecular weight excluding hydrogens is 320 g/mol. The first-order valence-corrected chi connectivity index (χ1v) is 8.11. The molecule has 2 amide bonds. The van der Waals surface area contributed by atoms with Crippen molar-refractivity contribution in [1.82, 2.24) is 4.90 Å². The van der Waals surface area contributed by atoms with Gasteiger partial charge in [-0.25, -0.2) is 4.79 Å². The van der Waals surface area contributed by atoms with E-state index in [4.69, 9.17) is 14.2 Å². The zero-order valence-electron chi connectivity index (χ0n) is 14.6. The van der Waals surface area contributed by atoms with Gasteiger partial charge in [0.05, 0.1) is 27.3 Å². The van der Waals surface area contributed by atoms with Crippen LogP contribution < -0.4 is 19.5 Å². The summed E-state index contributed by atoms with van der Waals surface area (Å²) >= 11 is 0. The Balaban J connectivity index is 1.53. The van der Waals surface area contributed by atoms with E-state index in [9.17, 15) is 4.79 Å². The van der Waals surface area contributed by atoms with Gasteiger partial charge in [0.2, 0.25) is 0 Å². The number of carbonyl (C=O) groups excluding carboxylic acids is 1. The summed E-state index contributed by atoms with van der Waals surface area (Å²) in [6.45, 7) is 3.01. The second-order valence-corrected chi connectivity index (χ2v) is 5.91. The van der Waals surface area contributed by atoms with Crippen molar-refractivity contribution in [2.24, 2.45) is 0 Å². The molecule has 0 bridgehead atoms. The van der Waals surface area contributed by atoms with Crippen LogP contribution in [0.15, 0.2) is 42.5 Å². The van der Waals surface area contributed by atoms with E-state index >= 15 is 0 Å². The summed E-state index contributed by atoms with van der Waals surface area (Å²) in [6, 6.07) is 12.9. The lowest BCUT2D eigenvalue weighted by Crippen LogP contribution is -2.57. The number of anilines is 1. The molecule has 1 fully saturated rings. The minimum atomic E-state index is -0.131. The Morgan fingerprint density at radius 3 is 2.44 bits per heavy atom. The molecule has 0 unspecified atom stereocenters. The number of nitrogens with zero attached hydrogens (tertiary/aromatic N) is 1. The van der Waals surface area contributed by atoms with E-state index in [0.717, 1.165) is 17.0 Å². The largest absolute Gasteiger partial charge is 0.497 e. The van der Waals surface area contributed by atoms with Crippen LogP contribution in [0.3, 0.4) is 0 Å². The molecular formula is C19H22N2O4. The number of aryl methyl sites for hydroxylation is 1. The first-order chi connectivity index (χ1) is 12.1. The van der Waals surface area contributed by atoms with Gasteiger partial charge in [0.25, 0.3) is 0 Å². The van der Waals surface area contributed by atoms with E-state index in [2.05, 4.69) is 5.32 Å². The van der Waals surface area contributed by atoms with Crippen LogP contribution in [0.2, 0.25) is 0 Å². The van der Waals surface area contributed by atoms with Crippen molar-refractivity contribution < 1.29 is 19.0 Å². The highest BCUT2D eigenvalue weighted by atomic mass is 16.5. The first kappa shape index (κ1) is 17.0. The maximum Gasteiger partial charge on any atom is 0.322 e. The van der Waals surface area contributed by atoms with Crippen molar-refractivity contribution in [2.75, 3.05) is 32.6 Å². The Bertz CT molecular complexity index is 757. The molecule has 3 rings (SSSR count). The van der Waals surface area contributed by atoms with Crippen molar-refractivity contribution in [1.29, 1.82) is 0 Å². The molecule has 1 aliphatic heterocycles. The highest BCUT2D eigenvalue weighted by molar-refractivity contribution is 5.90. The predicted octanol–water partition coefficient (Wildman–Crippen LogP) is 3.31. The average molecular weight is 342 g/mol. The van der Waals surface area contributed by atoms with Gasteiger partial charge in [-0.1, -0.05) is 12.1 Å². The molecule has 1 N–H and O–H groups in total. The molecule has 25 heavy (non-hydrogen) atoms. The molecule has 0 aliphatic carbocycles. The normalized spacial score (nSPS) is 13.8. The molecule has 0 spiro atoms. The lowest BCUT2D eigenvalue weighted by atomic mass is 10.1. The van der Waals surface area contributed by atoms with Gasteiger partial charge in [-0.15, -0.1) is 0 Å². The second kappa shape index (κ2) is 7.34. The van der Waals surface area contributed by atoms with Crippen LogP contribution in [0.4, 0.5) is 10.5 Å². The lowest BCUT2D eigenvalue weighted by Gasteiger charge is -2.39. The van der Waals surface area contributed by atoms with Gasteiger partial charge in [0.1, 0.15) is 11.9 Å². The van der Waals surface area contributed by atoms with Crippen molar-refractivity contribution in [3.63, 3.8) is 0 Å². The van der Waals surface area contributed by atoms with Gasteiger partial charge in [0, 0.05) is 5.69 Å². The van der Waals surface area contributed by atoms with Crippen molar-refractivity contribution in [3.8, 4) is 17.2 Å². The number of rotatable bonds is 5. The van der Waals surface area contributed by atoms with Crippen LogP contribution in [0, 0.1) is 6.92 Å². The van der Waals surface area contributed by atoms with Crippen LogP contribution >= 0.6 is 0 Å². The number of hydrogen-bond donors (Lipinski definition) is 1. The minimum absolute atomic E-state index is 0.0287. The van der Waals surface area contributed by atoms with E-state index in [-0.39, 0.29) is 12.1 Å². The van der Waals surface area contributed by atoms with Crippen LogP contribution in [0.1, 0.15) is 5.56 Å². The van der Waals surface area contributed by atoms with Gasteiger partial charge < -0.3 is 24.4 Å². The van der Waals surface area contributed by atoms with Crippen molar-refractivity contribution in [2.45, 2.75) is 13.0 Å². The zero-order chi connectivity index (χ0) is 17.8. The topological polar surface area (TPSA) is 60.0 Å². The van der Waals surface area contributed by atoms with Crippen LogP contribution in [0.5, 0.6) is 17.2 Å². The molecule has 2 aromatic carbocycles. The predicted molar refractivity (Wildman–Crippen MR) is 95.7 cm³/mol. The van der Waals surface area contributed by atoms with Crippen LogP contribution in [-0.4, -0.2) is 44.3 Å². The Hall–Kier alpha value is -2.89. The van der Waals surface area contributed by atoms with Crippen LogP contribution in [0.25, 0.3) is 0 Å². The fraction of sp³-hybridized carbons (Fsp3) is 0.316. The number of carbonyl (C=O) groups is 1. The highest BCUT2D eigenvalue weighted by Crippen LogP contribution is 2.29. The molecule has 1 saturated heterocycles. The molecule has 2 aromatic rings. The maximum absolute atomic E-state index is 12.3. The standard InChI is InChI=1S/C19H22N2O4/c1-13-10-14(23-2)8-9-16(13)20-19(22)21-11-15(12-21)25-18-7-5-4-6-17(18)24-3/h4-10,15H,11-12H2,1-3H3,(H,20,22). The van der Waals surface area contributed by atoms with E-state index in [1.165, 1.54) is 0 Å². The fourth-order valence-corrected chi connectivity index (χ4v) is 2.67. The monoisotopic (exact) mass is 342 g/mol. The Labute approximate surface area is 147 Å². The minimum Gasteiger partial charge on any atom is -0.497 e. The summed E-state index contributed by atoms with van der Waals surface area (Å²) in [5, 5.41) is 2.92. The summed E-state index contributed by atoms with van der Waals surface area (Å²) in [5.41, 5.74) is 1.73. The summed E-state index contributed by atoms with van der Waals surface area (Å²) in [4.78, 5) is 14.0. The van der Waals surface area contributed by atoms with Crippen LogP contribution in [-0.2, 0) is 0 Å². The van der Waals surface area contributed by atoms with E-state index in [1.807, 2.05) is 49.4 Å². The van der Waals surface area contributed by atoms with Gasteiger partial charge in [-0.05, 0) is 42.8 Å². The molecule has 0 radical (unpaired) electrons. The molecule has 0 atom stereocenters. The van der Waals surface area contributed by atoms with Gasteiger partial charge in [-0.2, -0.15) is 0 Å². The molecule has 1 aliphatic rings. The third-order valence-corrected chi connectivity index (χ3v) is 4.17. The number of nitrogens with one attached hydrogen (secondary N) is 1. The lowest BCUT2D eigenvalue weighted by molar-refractivity contribution is 0.0474. The number of urea groups is 1. The maximum atomic E-state index is 12.3. The van der Waals surface area contributed by atoms with Crippen molar-refractivity contribution >= 4 is 11.7 Å². The average Bonchev–Trinajstić information content (AvgIpc) is 2.59. The third kappa shape index (κ3) is 3.79. The number of ether oxygens (including phenoxy) is 3. The molecule has 0 saturated carbocycles. The van der Waals surface area contributed by atoms with Gasteiger partial charge >= 0.3 is 6.03 Å². The third-order valence-electron chi connectivity index (χ3n) is 4.17. The van der Waals surface area contributed by atoms with Gasteiger partial charge in [-0.3, -0.25) is 0 Å². The first-order valence-electron chi connectivity index (χ1n) is 8.11. The fourth-order valence-electron chi connectivity index (χ4n) is 2.67. The molecule has 132 valence electrons. The Morgan fingerprint density at radius 2 is 1.80 bits per heavy atom.